The molecule has 3 aromatic rings. The highest BCUT2D eigenvalue weighted by atomic mass is 14.7. The molecule has 3 rings (SSSR count). The summed E-state index contributed by atoms with van der Waals surface area (Å²) in [5, 5.41) is 2.59. The Morgan fingerprint density at radius 2 is 1.47 bits per heavy atom. The van der Waals surface area contributed by atoms with Crippen LogP contribution in [-0.4, -0.2) is 4.98 Å². The predicted octanol–water partition coefficient (Wildman–Crippen LogP) is 5.07. The lowest BCUT2D eigenvalue weighted by Gasteiger charge is -2.11. The normalized spacial score (nSPS) is 11.2. The maximum atomic E-state index is 3.46. The van der Waals surface area contributed by atoms with Crippen molar-refractivity contribution in [1.82, 2.24) is 4.98 Å². The van der Waals surface area contributed by atoms with Gasteiger partial charge in [0, 0.05) is 17.1 Å². The molecule has 0 aliphatic heterocycles. The second-order valence-electron chi connectivity index (χ2n) is 5.53. The molecule has 0 radical (unpaired) electrons. The number of aromatic amines is 1. The zero-order valence-corrected chi connectivity index (χ0v) is 12.0. The van der Waals surface area contributed by atoms with E-state index in [-0.39, 0.29) is 0 Å². The number of benzene rings is 2. The number of H-pyrrole nitrogens is 1. The Labute approximate surface area is 114 Å². The monoisotopic (exact) mass is 249 g/mol. The molecule has 1 nitrogen and oxygen atoms in total. The van der Waals surface area contributed by atoms with Crippen LogP contribution in [0.1, 0.15) is 22.3 Å². The van der Waals surface area contributed by atoms with Crippen LogP contribution < -0.4 is 0 Å². The molecule has 0 fully saturated rings. The Bertz CT molecular complexity index is 739. The van der Waals surface area contributed by atoms with Crippen molar-refractivity contribution in [2.75, 3.05) is 0 Å². The number of nitrogens with one attached hydrogen (secondary N) is 1. The summed E-state index contributed by atoms with van der Waals surface area (Å²) >= 11 is 0. The van der Waals surface area contributed by atoms with Crippen molar-refractivity contribution < 1.29 is 0 Å². The Balaban J connectivity index is 2.33. The lowest BCUT2D eigenvalue weighted by Crippen LogP contribution is -1.90. The topological polar surface area (TPSA) is 15.8 Å². The molecular weight excluding hydrogens is 230 g/mol. The molecule has 2 aromatic carbocycles. The van der Waals surface area contributed by atoms with E-state index in [1.165, 1.54) is 44.3 Å². The Kier molecular flexibility index (Phi) is 2.70. The number of hydrogen-bond donors (Lipinski definition) is 1. The fourth-order valence-electron chi connectivity index (χ4n) is 3.02. The molecule has 0 unspecified atom stereocenters. The van der Waals surface area contributed by atoms with Crippen LogP contribution in [0.25, 0.3) is 22.0 Å². The molecule has 1 heterocycles. The van der Waals surface area contributed by atoms with Gasteiger partial charge in [-0.15, -0.1) is 0 Å². The van der Waals surface area contributed by atoms with Crippen LogP contribution in [0.2, 0.25) is 0 Å². The fraction of sp³-hybridized carbons (Fsp3) is 0.222. The molecule has 0 atom stereocenters. The van der Waals surface area contributed by atoms with E-state index in [4.69, 9.17) is 0 Å². The number of aromatic nitrogens is 1. The molecule has 0 spiro atoms. The Morgan fingerprint density at radius 3 is 2.16 bits per heavy atom. The van der Waals surface area contributed by atoms with E-state index in [9.17, 15) is 0 Å². The summed E-state index contributed by atoms with van der Waals surface area (Å²) in [7, 11) is 0. The second-order valence-corrected chi connectivity index (χ2v) is 5.53. The van der Waals surface area contributed by atoms with Crippen molar-refractivity contribution in [3.8, 4) is 11.3 Å². The van der Waals surface area contributed by atoms with Crippen molar-refractivity contribution in [1.29, 1.82) is 0 Å². The molecule has 1 N–H and O–H groups in total. The van der Waals surface area contributed by atoms with Gasteiger partial charge in [0.25, 0.3) is 0 Å². The first kappa shape index (κ1) is 12.0. The van der Waals surface area contributed by atoms with Gasteiger partial charge < -0.3 is 4.98 Å². The largest absolute Gasteiger partial charge is 0.360 e. The van der Waals surface area contributed by atoms with E-state index in [1.54, 1.807) is 0 Å². The summed E-state index contributed by atoms with van der Waals surface area (Å²) in [5.74, 6) is 0. The lowest BCUT2D eigenvalue weighted by molar-refractivity contribution is 1.29. The van der Waals surface area contributed by atoms with Gasteiger partial charge >= 0.3 is 0 Å². The van der Waals surface area contributed by atoms with Crippen molar-refractivity contribution >= 4 is 10.8 Å². The van der Waals surface area contributed by atoms with Gasteiger partial charge in [-0.1, -0.05) is 35.4 Å². The molecule has 0 amide bonds. The van der Waals surface area contributed by atoms with Crippen LogP contribution in [0, 0.1) is 27.7 Å². The first-order valence-electron chi connectivity index (χ1n) is 6.72. The quantitative estimate of drug-likeness (QED) is 0.620. The zero-order chi connectivity index (χ0) is 13.6. The SMILES string of the molecule is Cc1cc(C)c(-c2[nH]cc3ccc(C)cc23)c(C)c1. The standard InChI is InChI=1S/C18H19N/c1-11-5-6-15-10-19-18(16(15)9-11)17-13(3)7-12(2)8-14(17)4/h5-10,19H,1-4H3. The number of rotatable bonds is 1. The van der Waals surface area contributed by atoms with Crippen LogP contribution in [-0.2, 0) is 0 Å². The highest BCUT2D eigenvalue weighted by molar-refractivity contribution is 5.97. The van der Waals surface area contributed by atoms with E-state index >= 15 is 0 Å². The summed E-state index contributed by atoms with van der Waals surface area (Å²) in [6.45, 7) is 8.68. The minimum atomic E-state index is 1.24. The molecule has 0 aliphatic rings. The zero-order valence-electron chi connectivity index (χ0n) is 12.0. The van der Waals surface area contributed by atoms with Crippen LogP contribution in [0.3, 0.4) is 0 Å². The number of hydrogen-bond acceptors (Lipinski definition) is 0. The van der Waals surface area contributed by atoms with Crippen LogP contribution in [0.4, 0.5) is 0 Å². The lowest BCUT2D eigenvalue weighted by atomic mass is 9.95. The van der Waals surface area contributed by atoms with Crippen LogP contribution >= 0.6 is 0 Å². The van der Waals surface area contributed by atoms with Gasteiger partial charge in [-0.3, -0.25) is 0 Å². The minimum absolute atomic E-state index is 1.24. The highest BCUT2D eigenvalue weighted by Gasteiger charge is 2.11. The van der Waals surface area contributed by atoms with E-state index in [1.807, 2.05) is 0 Å². The summed E-state index contributed by atoms with van der Waals surface area (Å²) in [5.41, 5.74) is 7.88. The van der Waals surface area contributed by atoms with Gasteiger partial charge in [0.2, 0.25) is 0 Å². The molecule has 0 saturated heterocycles. The Morgan fingerprint density at radius 1 is 0.789 bits per heavy atom. The fourth-order valence-corrected chi connectivity index (χ4v) is 3.02. The van der Waals surface area contributed by atoms with Gasteiger partial charge in [0.05, 0.1) is 5.69 Å². The first-order valence-corrected chi connectivity index (χ1v) is 6.72. The molecular formula is C18H19N. The van der Waals surface area contributed by atoms with Crippen LogP contribution in [0.5, 0.6) is 0 Å². The van der Waals surface area contributed by atoms with Gasteiger partial charge in [0.1, 0.15) is 0 Å². The molecule has 0 saturated carbocycles. The molecule has 0 aliphatic carbocycles. The Hall–Kier alpha value is -2.02. The highest BCUT2D eigenvalue weighted by Crippen LogP contribution is 2.33. The summed E-state index contributed by atoms with van der Waals surface area (Å²) in [4.78, 5) is 3.46. The third-order valence-corrected chi connectivity index (χ3v) is 3.78. The summed E-state index contributed by atoms with van der Waals surface area (Å²) in [6.07, 6.45) is 2.10. The van der Waals surface area contributed by atoms with E-state index < -0.39 is 0 Å². The van der Waals surface area contributed by atoms with Crippen molar-refractivity contribution in [2.24, 2.45) is 0 Å². The van der Waals surface area contributed by atoms with Crippen molar-refractivity contribution in [2.45, 2.75) is 27.7 Å². The van der Waals surface area contributed by atoms with Gasteiger partial charge in [-0.25, -0.2) is 0 Å². The predicted molar refractivity (Wildman–Crippen MR) is 82.7 cm³/mol. The van der Waals surface area contributed by atoms with Crippen molar-refractivity contribution in [3.05, 3.63) is 58.8 Å². The molecule has 1 aromatic heterocycles. The third kappa shape index (κ3) is 1.95. The first-order chi connectivity index (χ1) is 9.06. The second kappa shape index (κ2) is 4.27. The van der Waals surface area contributed by atoms with E-state index in [0.717, 1.165) is 0 Å². The van der Waals surface area contributed by atoms with E-state index in [0.29, 0.717) is 0 Å². The van der Waals surface area contributed by atoms with Crippen molar-refractivity contribution in [3.63, 3.8) is 0 Å². The number of fused-ring (bicyclic) bond motifs is 1. The molecule has 0 bridgehead atoms. The average molecular weight is 249 g/mol. The van der Waals surface area contributed by atoms with E-state index in [2.05, 4.69) is 69.2 Å². The van der Waals surface area contributed by atoms with Gasteiger partial charge in [-0.2, -0.15) is 0 Å². The number of aryl methyl sites for hydroxylation is 4. The smallest absolute Gasteiger partial charge is 0.0539 e. The van der Waals surface area contributed by atoms with Gasteiger partial charge in [-0.05, 0) is 50.3 Å². The molecule has 1 heteroatoms. The molecule has 96 valence electrons. The maximum absolute atomic E-state index is 3.46. The van der Waals surface area contributed by atoms with Crippen LogP contribution in [0.15, 0.2) is 36.5 Å². The third-order valence-electron chi connectivity index (χ3n) is 3.78. The summed E-state index contributed by atoms with van der Waals surface area (Å²) < 4.78 is 0. The minimum Gasteiger partial charge on any atom is -0.360 e. The maximum Gasteiger partial charge on any atom is 0.0539 e. The molecule has 19 heavy (non-hydrogen) atoms. The van der Waals surface area contributed by atoms with Gasteiger partial charge in [0.15, 0.2) is 0 Å². The average Bonchev–Trinajstić information content (AvgIpc) is 2.71. The summed E-state index contributed by atoms with van der Waals surface area (Å²) in [6, 6.07) is 11.1.